The molecule has 2 atom stereocenters. The van der Waals surface area contributed by atoms with E-state index < -0.39 is 0 Å². The Hall–Kier alpha value is -0.860. The van der Waals surface area contributed by atoms with E-state index in [4.69, 9.17) is 0 Å². The number of carbonyl (C=O) groups is 2. The minimum atomic E-state index is -0.248. The fraction of sp³-hybridized carbons (Fsp3) is 0.833. The van der Waals surface area contributed by atoms with Gasteiger partial charge in [0.05, 0.1) is 5.54 Å². The summed E-state index contributed by atoms with van der Waals surface area (Å²) in [5.41, 5.74) is -0.309. The molecule has 1 heterocycles. The Morgan fingerprint density at radius 2 is 2.07 bits per heavy atom. The highest BCUT2D eigenvalue weighted by Gasteiger charge is 2.66. The van der Waals surface area contributed by atoms with Crippen molar-refractivity contribution in [1.82, 2.24) is 4.90 Å². The van der Waals surface area contributed by atoms with E-state index in [9.17, 15) is 9.59 Å². The molecule has 0 radical (unpaired) electrons. The minimum Gasteiger partial charge on any atom is -0.276 e. The van der Waals surface area contributed by atoms with E-state index in [0.29, 0.717) is 6.42 Å². The molecular weight excluding hydrogens is 190 g/mol. The van der Waals surface area contributed by atoms with Gasteiger partial charge >= 0.3 is 0 Å². The van der Waals surface area contributed by atoms with Crippen LogP contribution in [0.1, 0.15) is 47.0 Å². The zero-order chi connectivity index (χ0) is 11.4. The van der Waals surface area contributed by atoms with Crippen molar-refractivity contribution >= 4 is 11.8 Å². The zero-order valence-corrected chi connectivity index (χ0v) is 9.96. The summed E-state index contributed by atoms with van der Waals surface area (Å²) in [6, 6.07) is 0. The fourth-order valence-electron chi connectivity index (χ4n) is 3.27. The molecular formula is C12H19NO2. The molecule has 3 heteroatoms. The topological polar surface area (TPSA) is 37.4 Å². The lowest BCUT2D eigenvalue weighted by Crippen LogP contribution is -2.52. The van der Waals surface area contributed by atoms with Gasteiger partial charge in [-0.05, 0) is 25.2 Å². The molecule has 2 fully saturated rings. The van der Waals surface area contributed by atoms with Crippen molar-refractivity contribution in [2.75, 3.05) is 0 Å². The summed E-state index contributed by atoms with van der Waals surface area (Å²) in [4.78, 5) is 25.4. The predicted octanol–water partition coefficient (Wildman–Crippen LogP) is 1.96. The average molecular weight is 209 g/mol. The molecule has 1 aliphatic carbocycles. The standard InChI is InChI=1S/C12H19NO2/c1-5-9(14)13-10(15)8-6-7-12(13,4)11(8,2)3/h8H,5-7H2,1-4H3/t8-,12-/m1/s1. The second-order valence-corrected chi connectivity index (χ2v) is 5.51. The number of carbonyl (C=O) groups excluding carboxylic acids is 2. The van der Waals surface area contributed by atoms with Gasteiger partial charge in [0, 0.05) is 12.3 Å². The van der Waals surface area contributed by atoms with E-state index in [1.165, 1.54) is 0 Å². The smallest absolute Gasteiger partial charge is 0.233 e. The molecule has 0 N–H and O–H groups in total. The quantitative estimate of drug-likeness (QED) is 0.662. The van der Waals surface area contributed by atoms with Gasteiger partial charge in [0.2, 0.25) is 11.8 Å². The van der Waals surface area contributed by atoms with Crippen LogP contribution in [0.15, 0.2) is 0 Å². The van der Waals surface area contributed by atoms with Crippen LogP contribution in [0.5, 0.6) is 0 Å². The Labute approximate surface area is 90.8 Å². The van der Waals surface area contributed by atoms with Crippen LogP contribution < -0.4 is 0 Å². The number of hydrogen-bond acceptors (Lipinski definition) is 2. The molecule has 0 aromatic carbocycles. The summed E-state index contributed by atoms with van der Waals surface area (Å²) in [7, 11) is 0. The van der Waals surface area contributed by atoms with Gasteiger partial charge in [-0.15, -0.1) is 0 Å². The van der Waals surface area contributed by atoms with Gasteiger partial charge in [-0.3, -0.25) is 14.5 Å². The number of nitrogens with zero attached hydrogens (tertiary/aromatic N) is 1. The molecule has 2 aliphatic rings. The highest BCUT2D eigenvalue weighted by molar-refractivity contribution is 6.00. The van der Waals surface area contributed by atoms with Crippen LogP contribution in [0.25, 0.3) is 0 Å². The molecule has 0 spiro atoms. The first kappa shape index (κ1) is 10.7. The third-order valence-electron chi connectivity index (χ3n) is 4.74. The van der Waals surface area contributed by atoms with Crippen LogP contribution in [0.3, 0.4) is 0 Å². The van der Waals surface area contributed by atoms with Crippen LogP contribution in [-0.2, 0) is 9.59 Å². The second kappa shape index (κ2) is 2.83. The third kappa shape index (κ3) is 1.01. The summed E-state index contributed by atoms with van der Waals surface area (Å²) in [5, 5.41) is 0. The molecule has 3 nitrogen and oxygen atoms in total. The monoisotopic (exact) mass is 209 g/mol. The number of fused-ring (bicyclic) bond motifs is 2. The van der Waals surface area contributed by atoms with Crippen molar-refractivity contribution in [2.45, 2.75) is 52.5 Å². The molecule has 1 saturated carbocycles. The van der Waals surface area contributed by atoms with Crippen molar-refractivity contribution in [3.63, 3.8) is 0 Å². The molecule has 2 bridgehead atoms. The Morgan fingerprint density at radius 1 is 1.47 bits per heavy atom. The van der Waals surface area contributed by atoms with E-state index in [2.05, 4.69) is 20.8 Å². The normalized spacial score (nSPS) is 37.5. The maximum Gasteiger partial charge on any atom is 0.233 e. The number of likely N-dealkylation sites (tertiary alicyclic amines) is 1. The lowest BCUT2D eigenvalue weighted by Gasteiger charge is -2.39. The summed E-state index contributed by atoms with van der Waals surface area (Å²) in [5.74, 6) is 0.0939. The van der Waals surface area contributed by atoms with Crippen molar-refractivity contribution in [3.05, 3.63) is 0 Å². The molecule has 84 valence electrons. The molecule has 0 unspecified atom stereocenters. The molecule has 0 aromatic rings. The van der Waals surface area contributed by atoms with Crippen LogP contribution in [0, 0.1) is 11.3 Å². The first-order valence-electron chi connectivity index (χ1n) is 5.73. The molecule has 15 heavy (non-hydrogen) atoms. The second-order valence-electron chi connectivity index (χ2n) is 5.51. The van der Waals surface area contributed by atoms with Crippen LogP contribution >= 0.6 is 0 Å². The molecule has 0 aromatic heterocycles. The maximum atomic E-state index is 12.1. The Balaban J connectivity index is 2.45. The van der Waals surface area contributed by atoms with Gasteiger partial charge in [-0.2, -0.15) is 0 Å². The van der Waals surface area contributed by atoms with Crippen molar-refractivity contribution in [3.8, 4) is 0 Å². The Bertz CT molecular complexity index is 335. The molecule has 2 amide bonds. The van der Waals surface area contributed by atoms with Crippen molar-refractivity contribution in [2.24, 2.45) is 11.3 Å². The predicted molar refractivity (Wildman–Crippen MR) is 57.1 cm³/mol. The number of imide groups is 1. The van der Waals surface area contributed by atoms with Gasteiger partial charge in [-0.25, -0.2) is 0 Å². The number of amides is 2. The first-order valence-corrected chi connectivity index (χ1v) is 5.73. The van der Waals surface area contributed by atoms with Crippen molar-refractivity contribution < 1.29 is 9.59 Å². The van der Waals surface area contributed by atoms with Gasteiger partial charge in [0.1, 0.15) is 0 Å². The van der Waals surface area contributed by atoms with E-state index in [1.807, 2.05) is 6.92 Å². The highest BCUT2D eigenvalue weighted by Crippen LogP contribution is 2.59. The first-order chi connectivity index (χ1) is 6.86. The summed E-state index contributed by atoms with van der Waals surface area (Å²) in [6.45, 7) is 8.11. The largest absolute Gasteiger partial charge is 0.276 e. The summed E-state index contributed by atoms with van der Waals surface area (Å²) >= 11 is 0. The minimum absolute atomic E-state index is 0.0159. The van der Waals surface area contributed by atoms with E-state index >= 15 is 0 Å². The summed E-state index contributed by atoms with van der Waals surface area (Å²) in [6.07, 6.45) is 2.32. The van der Waals surface area contributed by atoms with Crippen LogP contribution in [0.4, 0.5) is 0 Å². The van der Waals surface area contributed by atoms with Crippen LogP contribution in [0.2, 0.25) is 0 Å². The third-order valence-corrected chi connectivity index (χ3v) is 4.74. The molecule has 1 aliphatic heterocycles. The van der Waals surface area contributed by atoms with Gasteiger partial charge in [-0.1, -0.05) is 20.8 Å². The molecule has 2 rings (SSSR count). The SMILES string of the molecule is CCC(=O)N1C(=O)[C@H]2CC[C@]1(C)C2(C)C. The average Bonchev–Trinajstić information content (AvgIpc) is 2.45. The van der Waals surface area contributed by atoms with E-state index in [0.717, 1.165) is 12.8 Å². The number of hydrogen-bond donors (Lipinski definition) is 0. The van der Waals surface area contributed by atoms with Crippen LogP contribution in [-0.4, -0.2) is 22.3 Å². The Morgan fingerprint density at radius 3 is 2.47 bits per heavy atom. The fourth-order valence-corrected chi connectivity index (χ4v) is 3.27. The van der Waals surface area contributed by atoms with Gasteiger partial charge < -0.3 is 0 Å². The molecule has 1 saturated heterocycles. The van der Waals surface area contributed by atoms with Crippen molar-refractivity contribution in [1.29, 1.82) is 0 Å². The number of piperidine rings is 1. The number of rotatable bonds is 1. The lowest BCUT2D eigenvalue weighted by atomic mass is 9.75. The maximum absolute atomic E-state index is 12.1. The Kier molecular flexibility index (Phi) is 2.01. The zero-order valence-electron chi connectivity index (χ0n) is 9.96. The van der Waals surface area contributed by atoms with Gasteiger partial charge in [0.15, 0.2) is 0 Å². The lowest BCUT2D eigenvalue weighted by molar-refractivity contribution is -0.150. The summed E-state index contributed by atoms with van der Waals surface area (Å²) < 4.78 is 0. The van der Waals surface area contributed by atoms with E-state index in [1.54, 1.807) is 4.90 Å². The van der Waals surface area contributed by atoms with E-state index in [-0.39, 0.29) is 28.7 Å². The highest BCUT2D eigenvalue weighted by atomic mass is 16.2. The van der Waals surface area contributed by atoms with Gasteiger partial charge in [0.25, 0.3) is 0 Å².